The maximum atomic E-state index is 12.1. The zero-order chi connectivity index (χ0) is 14.4. The van der Waals surface area contributed by atoms with E-state index in [9.17, 15) is 4.79 Å². The Kier molecular flexibility index (Phi) is 4.88. The first-order chi connectivity index (χ1) is 9.69. The molecule has 1 amide bonds. The molecule has 2 aromatic rings. The van der Waals surface area contributed by atoms with Crippen molar-refractivity contribution in [3.8, 4) is 11.8 Å². The number of amides is 1. The molecule has 0 fully saturated rings. The summed E-state index contributed by atoms with van der Waals surface area (Å²) >= 11 is 1.50. The van der Waals surface area contributed by atoms with Crippen molar-refractivity contribution in [3.63, 3.8) is 0 Å². The first kappa shape index (κ1) is 14.3. The van der Waals surface area contributed by atoms with Crippen LogP contribution in [0.15, 0.2) is 29.9 Å². The Labute approximate surface area is 121 Å². The van der Waals surface area contributed by atoms with Crippen LogP contribution in [0.4, 0.5) is 0 Å². The summed E-state index contributed by atoms with van der Waals surface area (Å²) in [6.45, 7) is 2.18. The minimum absolute atomic E-state index is 0.144. The number of rotatable bonds is 3. The normalized spacial score (nSPS) is 9.70. The summed E-state index contributed by atoms with van der Waals surface area (Å²) in [7, 11) is 0. The van der Waals surface area contributed by atoms with Crippen molar-refractivity contribution < 1.29 is 9.90 Å². The van der Waals surface area contributed by atoms with Gasteiger partial charge in [0.2, 0.25) is 0 Å². The van der Waals surface area contributed by atoms with Crippen LogP contribution in [0.5, 0.6) is 0 Å². The van der Waals surface area contributed by atoms with Crippen molar-refractivity contribution in [1.29, 1.82) is 0 Å². The van der Waals surface area contributed by atoms with Gasteiger partial charge in [0.05, 0.1) is 12.1 Å². The Morgan fingerprint density at radius 2 is 2.30 bits per heavy atom. The highest BCUT2D eigenvalue weighted by atomic mass is 32.1. The molecule has 0 aliphatic rings. The Balaban J connectivity index is 2.10. The van der Waals surface area contributed by atoms with Gasteiger partial charge in [0.15, 0.2) is 0 Å². The monoisotopic (exact) mass is 286 g/mol. The lowest BCUT2D eigenvalue weighted by Gasteiger charge is -2.05. The van der Waals surface area contributed by atoms with Crippen LogP contribution in [0.3, 0.4) is 0 Å². The molecule has 1 heterocycles. The molecule has 0 spiro atoms. The largest absolute Gasteiger partial charge is 0.384 e. The molecule has 0 saturated heterocycles. The van der Waals surface area contributed by atoms with Crippen molar-refractivity contribution in [1.82, 2.24) is 10.3 Å². The van der Waals surface area contributed by atoms with Crippen LogP contribution in [0.25, 0.3) is 0 Å². The maximum absolute atomic E-state index is 12.1. The fourth-order valence-electron chi connectivity index (χ4n) is 1.73. The van der Waals surface area contributed by atoms with Crippen LogP contribution < -0.4 is 5.32 Å². The molecular formula is C15H14N2O2S. The molecule has 0 aliphatic carbocycles. The molecule has 0 bridgehead atoms. The van der Waals surface area contributed by atoms with Gasteiger partial charge in [-0.15, -0.1) is 11.3 Å². The summed E-state index contributed by atoms with van der Waals surface area (Å²) in [6.07, 6.45) is 1.74. The zero-order valence-corrected chi connectivity index (χ0v) is 11.8. The average molecular weight is 286 g/mol. The van der Waals surface area contributed by atoms with E-state index < -0.39 is 0 Å². The standard InChI is InChI=1S/C15H14N2O2S/c1-11-5-12(3-2-4-18)7-13(6-11)15(19)17-9-14-8-16-10-20-14/h5-8,10,18H,4,9H2,1H3,(H,17,19). The predicted octanol–water partition coefficient (Wildman–Crippen LogP) is 1.73. The van der Waals surface area contributed by atoms with E-state index >= 15 is 0 Å². The third-order valence-corrected chi connectivity index (χ3v) is 3.34. The number of carbonyl (C=O) groups excluding carboxylic acids is 1. The van der Waals surface area contributed by atoms with E-state index in [1.807, 2.05) is 19.1 Å². The van der Waals surface area contributed by atoms with Crippen LogP contribution in [-0.4, -0.2) is 22.6 Å². The van der Waals surface area contributed by atoms with Crippen molar-refractivity contribution in [2.24, 2.45) is 0 Å². The second kappa shape index (κ2) is 6.85. The minimum atomic E-state index is -0.194. The summed E-state index contributed by atoms with van der Waals surface area (Å²) in [6, 6.07) is 5.41. The van der Waals surface area contributed by atoms with Crippen LogP contribution >= 0.6 is 11.3 Å². The Morgan fingerprint density at radius 3 is 3.00 bits per heavy atom. The summed E-state index contributed by atoms with van der Waals surface area (Å²) in [5.41, 5.74) is 3.98. The quantitative estimate of drug-likeness (QED) is 0.845. The van der Waals surface area contributed by atoms with Gasteiger partial charge in [-0.1, -0.05) is 11.8 Å². The van der Waals surface area contributed by atoms with Gasteiger partial charge < -0.3 is 10.4 Å². The van der Waals surface area contributed by atoms with Crippen LogP contribution in [0, 0.1) is 18.8 Å². The first-order valence-electron chi connectivity index (χ1n) is 6.06. The van der Waals surface area contributed by atoms with Gasteiger partial charge in [0, 0.05) is 22.2 Å². The van der Waals surface area contributed by atoms with E-state index in [2.05, 4.69) is 22.1 Å². The number of aliphatic hydroxyl groups excluding tert-OH is 1. The van der Waals surface area contributed by atoms with Gasteiger partial charge in [-0.25, -0.2) is 0 Å². The van der Waals surface area contributed by atoms with E-state index in [-0.39, 0.29) is 12.5 Å². The van der Waals surface area contributed by atoms with Crippen LogP contribution in [0.2, 0.25) is 0 Å². The lowest BCUT2D eigenvalue weighted by atomic mass is 10.1. The van der Waals surface area contributed by atoms with Crippen LogP contribution in [0.1, 0.15) is 26.4 Å². The molecule has 20 heavy (non-hydrogen) atoms. The van der Waals surface area contributed by atoms with E-state index in [1.165, 1.54) is 11.3 Å². The topological polar surface area (TPSA) is 62.2 Å². The molecule has 0 radical (unpaired) electrons. The second-order valence-corrected chi connectivity index (χ2v) is 5.17. The van der Waals surface area contributed by atoms with Gasteiger partial charge >= 0.3 is 0 Å². The van der Waals surface area contributed by atoms with Crippen molar-refractivity contribution in [2.75, 3.05) is 6.61 Å². The SMILES string of the molecule is Cc1cc(C#CCO)cc(C(=O)NCc2cncs2)c1. The van der Waals surface area contributed by atoms with Crippen molar-refractivity contribution in [2.45, 2.75) is 13.5 Å². The fourth-order valence-corrected chi connectivity index (χ4v) is 2.26. The molecule has 1 aromatic heterocycles. The number of nitrogens with one attached hydrogen (secondary N) is 1. The molecule has 0 unspecified atom stereocenters. The van der Waals surface area contributed by atoms with Crippen LogP contribution in [-0.2, 0) is 6.54 Å². The molecule has 5 heteroatoms. The lowest BCUT2D eigenvalue weighted by molar-refractivity contribution is 0.0951. The smallest absolute Gasteiger partial charge is 0.251 e. The Hall–Kier alpha value is -2.16. The molecule has 102 valence electrons. The van der Waals surface area contributed by atoms with Gasteiger partial charge in [-0.3, -0.25) is 9.78 Å². The first-order valence-corrected chi connectivity index (χ1v) is 6.94. The average Bonchev–Trinajstić information content (AvgIpc) is 2.95. The van der Waals surface area contributed by atoms with Gasteiger partial charge in [0.25, 0.3) is 5.91 Å². The predicted molar refractivity (Wildman–Crippen MR) is 78.4 cm³/mol. The summed E-state index contributed by atoms with van der Waals surface area (Å²) in [5.74, 6) is 5.25. The van der Waals surface area contributed by atoms with E-state index in [0.717, 1.165) is 16.0 Å². The van der Waals surface area contributed by atoms with E-state index in [0.29, 0.717) is 12.1 Å². The zero-order valence-electron chi connectivity index (χ0n) is 11.0. The number of aromatic nitrogens is 1. The molecule has 0 aliphatic heterocycles. The number of benzene rings is 1. The van der Waals surface area contributed by atoms with E-state index in [4.69, 9.17) is 5.11 Å². The lowest BCUT2D eigenvalue weighted by Crippen LogP contribution is -2.22. The highest BCUT2D eigenvalue weighted by Crippen LogP contribution is 2.10. The third kappa shape index (κ3) is 3.92. The summed E-state index contributed by atoms with van der Waals surface area (Å²) in [4.78, 5) is 17.1. The number of hydrogen-bond acceptors (Lipinski definition) is 4. The third-order valence-electron chi connectivity index (χ3n) is 2.56. The molecule has 0 atom stereocenters. The molecule has 0 saturated carbocycles. The van der Waals surface area contributed by atoms with E-state index in [1.54, 1.807) is 17.8 Å². The number of hydrogen-bond donors (Lipinski definition) is 2. The number of aryl methyl sites for hydroxylation is 1. The van der Waals surface area contributed by atoms with Crippen molar-refractivity contribution in [3.05, 3.63) is 51.5 Å². The maximum Gasteiger partial charge on any atom is 0.251 e. The fraction of sp³-hybridized carbons (Fsp3) is 0.200. The second-order valence-electron chi connectivity index (χ2n) is 4.20. The van der Waals surface area contributed by atoms with Gasteiger partial charge in [0.1, 0.15) is 6.61 Å². The highest BCUT2D eigenvalue weighted by molar-refractivity contribution is 7.09. The number of nitrogens with zero attached hydrogens (tertiary/aromatic N) is 1. The summed E-state index contributed by atoms with van der Waals surface area (Å²) in [5, 5.41) is 11.6. The molecule has 2 rings (SSSR count). The molecule has 1 aromatic carbocycles. The highest BCUT2D eigenvalue weighted by Gasteiger charge is 2.07. The Morgan fingerprint density at radius 1 is 1.45 bits per heavy atom. The summed E-state index contributed by atoms with van der Waals surface area (Å²) < 4.78 is 0. The number of aliphatic hydroxyl groups is 1. The molecule has 2 N–H and O–H groups in total. The Bertz CT molecular complexity index is 654. The van der Waals surface area contributed by atoms with Gasteiger partial charge in [-0.2, -0.15) is 0 Å². The van der Waals surface area contributed by atoms with Crippen molar-refractivity contribution >= 4 is 17.2 Å². The molecular weight excluding hydrogens is 272 g/mol. The number of carbonyl (C=O) groups is 1. The minimum Gasteiger partial charge on any atom is -0.384 e. The van der Waals surface area contributed by atoms with Gasteiger partial charge in [-0.05, 0) is 30.7 Å². The molecule has 4 nitrogen and oxygen atoms in total. The number of thiazole rings is 1.